The smallest absolute Gasteiger partial charge is 0.0469 e. The van der Waals surface area contributed by atoms with E-state index >= 15 is 0 Å². The lowest BCUT2D eigenvalue weighted by molar-refractivity contribution is 0.0666. The van der Waals surface area contributed by atoms with Crippen molar-refractivity contribution >= 4 is 11.6 Å². The monoisotopic (exact) mass is 203 g/mol. The summed E-state index contributed by atoms with van der Waals surface area (Å²) in [6.07, 6.45) is 6.45. The number of allylic oxidation sites excluding steroid dienone is 1. The minimum absolute atomic E-state index is 0.610. The Hall–Kier alpha value is -0.0500. The van der Waals surface area contributed by atoms with Crippen molar-refractivity contribution in [2.24, 2.45) is 5.92 Å². The van der Waals surface area contributed by atoms with E-state index in [2.05, 4.69) is 11.4 Å². The van der Waals surface area contributed by atoms with E-state index in [0.29, 0.717) is 5.88 Å². The minimum Gasteiger partial charge on any atom is -0.381 e. The number of nitrogens with one attached hydrogen (secondary N) is 1. The van der Waals surface area contributed by atoms with E-state index in [1.807, 2.05) is 6.08 Å². The average molecular weight is 204 g/mol. The van der Waals surface area contributed by atoms with Gasteiger partial charge in [-0.3, -0.25) is 0 Å². The van der Waals surface area contributed by atoms with Crippen molar-refractivity contribution in [1.29, 1.82) is 0 Å². The van der Waals surface area contributed by atoms with Gasteiger partial charge in [0.1, 0.15) is 0 Å². The molecule has 3 heteroatoms. The van der Waals surface area contributed by atoms with Crippen LogP contribution in [0, 0.1) is 5.92 Å². The zero-order chi connectivity index (χ0) is 9.36. The molecule has 0 spiro atoms. The zero-order valence-corrected chi connectivity index (χ0v) is 8.72. The summed E-state index contributed by atoms with van der Waals surface area (Å²) in [6.45, 7) is 3.91. The third kappa shape index (κ3) is 5.29. The average Bonchev–Trinajstić information content (AvgIpc) is 2.19. The lowest BCUT2D eigenvalue weighted by atomic mass is 10.0. The van der Waals surface area contributed by atoms with E-state index in [-0.39, 0.29) is 0 Å². The van der Waals surface area contributed by atoms with Crippen LogP contribution in [0.1, 0.15) is 12.8 Å². The Morgan fingerprint density at radius 1 is 1.31 bits per heavy atom. The van der Waals surface area contributed by atoms with E-state index in [1.165, 1.54) is 12.8 Å². The summed E-state index contributed by atoms with van der Waals surface area (Å²) < 4.78 is 5.29. The van der Waals surface area contributed by atoms with Gasteiger partial charge in [0.05, 0.1) is 0 Å². The fourth-order valence-corrected chi connectivity index (χ4v) is 1.59. The molecule has 0 bridgehead atoms. The molecule has 13 heavy (non-hydrogen) atoms. The number of alkyl halides is 1. The Morgan fingerprint density at radius 2 is 2.08 bits per heavy atom. The molecule has 1 saturated heterocycles. The standard InChI is InChI=1S/C10H18ClNO/c11-5-1-2-6-12-9-10-3-7-13-8-4-10/h1-2,10,12H,3-9H2/b2-1+. The molecule has 1 rings (SSSR count). The molecule has 0 aromatic rings. The van der Waals surface area contributed by atoms with Crippen LogP contribution in [0.25, 0.3) is 0 Å². The van der Waals surface area contributed by atoms with Gasteiger partial charge in [0, 0.05) is 25.6 Å². The third-order valence-electron chi connectivity index (χ3n) is 2.29. The van der Waals surface area contributed by atoms with Crippen LogP contribution in [0.2, 0.25) is 0 Å². The summed E-state index contributed by atoms with van der Waals surface area (Å²) in [5, 5.41) is 3.39. The number of rotatable bonds is 5. The molecule has 0 aromatic heterocycles. The lowest BCUT2D eigenvalue weighted by Gasteiger charge is -2.21. The molecule has 2 nitrogen and oxygen atoms in total. The topological polar surface area (TPSA) is 21.3 Å². The molecule has 0 amide bonds. The van der Waals surface area contributed by atoms with Gasteiger partial charge in [-0.2, -0.15) is 0 Å². The van der Waals surface area contributed by atoms with E-state index in [4.69, 9.17) is 16.3 Å². The molecule has 0 atom stereocenters. The Labute approximate surface area is 85.3 Å². The molecule has 0 aliphatic carbocycles. The number of hydrogen-bond donors (Lipinski definition) is 1. The van der Waals surface area contributed by atoms with Crippen molar-refractivity contribution < 1.29 is 4.74 Å². The van der Waals surface area contributed by atoms with Crippen LogP contribution < -0.4 is 5.32 Å². The molecule has 0 radical (unpaired) electrons. The SMILES string of the molecule is ClC/C=C/CNCC1CCOCC1. The van der Waals surface area contributed by atoms with E-state index in [0.717, 1.165) is 32.2 Å². The molecule has 76 valence electrons. The Morgan fingerprint density at radius 3 is 2.77 bits per heavy atom. The molecule has 0 unspecified atom stereocenters. The second kappa shape index (κ2) is 7.36. The van der Waals surface area contributed by atoms with Crippen LogP contribution in [-0.4, -0.2) is 32.2 Å². The molecule has 1 heterocycles. The first-order valence-corrected chi connectivity index (χ1v) is 5.46. The highest BCUT2D eigenvalue weighted by Crippen LogP contribution is 2.12. The molecule has 1 N–H and O–H groups in total. The molecule has 0 aromatic carbocycles. The van der Waals surface area contributed by atoms with Crippen LogP contribution in [-0.2, 0) is 4.74 Å². The van der Waals surface area contributed by atoms with E-state index in [1.54, 1.807) is 0 Å². The fourth-order valence-electron chi connectivity index (χ4n) is 1.47. The van der Waals surface area contributed by atoms with Crippen molar-refractivity contribution in [3.05, 3.63) is 12.2 Å². The summed E-state index contributed by atoms with van der Waals surface area (Å²) in [6, 6.07) is 0. The van der Waals surface area contributed by atoms with Gasteiger partial charge in [0.25, 0.3) is 0 Å². The molecular weight excluding hydrogens is 186 g/mol. The predicted molar refractivity (Wildman–Crippen MR) is 56.3 cm³/mol. The highest BCUT2D eigenvalue weighted by Gasteiger charge is 2.12. The van der Waals surface area contributed by atoms with Gasteiger partial charge in [-0.15, -0.1) is 11.6 Å². The van der Waals surface area contributed by atoms with Crippen molar-refractivity contribution in [3.8, 4) is 0 Å². The van der Waals surface area contributed by atoms with Crippen LogP contribution in [0.3, 0.4) is 0 Å². The fraction of sp³-hybridized carbons (Fsp3) is 0.800. The van der Waals surface area contributed by atoms with Gasteiger partial charge in [0.15, 0.2) is 0 Å². The third-order valence-corrected chi connectivity index (χ3v) is 2.47. The summed E-state index contributed by atoms with van der Waals surface area (Å²) in [5.74, 6) is 1.41. The van der Waals surface area contributed by atoms with Gasteiger partial charge in [-0.05, 0) is 25.3 Å². The Bertz CT molecular complexity index is 144. The Balaban J connectivity index is 1.95. The summed E-state index contributed by atoms with van der Waals surface area (Å²) in [7, 11) is 0. The minimum atomic E-state index is 0.610. The van der Waals surface area contributed by atoms with Gasteiger partial charge >= 0.3 is 0 Å². The normalized spacial score (nSPS) is 19.8. The highest BCUT2D eigenvalue weighted by molar-refractivity contribution is 6.18. The quantitative estimate of drug-likeness (QED) is 0.418. The number of ether oxygens (including phenoxy) is 1. The summed E-state index contributed by atoms with van der Waals surface area (Å²) in [5.41, 5.74) is 0. The van der Waals surface area contributed by atoms with Crippen LogP contribution in [0.5, 0.6) is 0 Å². The molecule has 1 aliphatic rings. The van der Waals surface area contributed by atoms with Crippen LogP contribution >= 0.6 is 11.6 Å². The van der Waals surface area contributed by atoms with Crippen molar-refractivity contribution in [2.75, 3.05) is 32.2 Å². The van der Waals surface area contributed by atoms with Crippen molar-refractivity contribution in [1.82, 2.24) is 5.32 Å². The van der Waals surface area contributed by atoms with E-state index < -0.39 is 0 Å². The second-order valence-electron chi connectivity index (χ2n) is 3.34. The second-order valence-corrected chi connectivity index (χ2v) is 3.65. The number of halogens is 1. The first-order valence-electron chi connectivity index (χ1n) is 4.93. The highest BCUT2D eigenvalue weighted by atomic mass is 35.5. The summed E-state index contributed by atoms with van der Waals surface area (Å²) >= 11 is 5.50. The first-order chi connectivity index (χ1) is 6.43. The maximum Gasteiger partial charge on any atom is 0.0469 e. The van der Waals surface area contributed by atoms with Gasteiger partial charge < -0.3 is 10.1 Å². The summed E-state index contributed by atoms with van der Waals surface area (Å²) in [4.78, 5) is 0. The van der Waals surface area contributed by atoms with Crippen molar-refractivity contribution in [2.45, 2.75) is 12.8 Å². The van der Waals surface area contributed by atoms with Gasteiger partial charge in [0.2, 0.25) is 0 Å². The maximum atomic E-state index is 5.50. The predicted octanol–water partition coefficient (Wildman–Crippen LogP) is 1.80. The lowest BCUT2D eigenvalue weighted by Crippen LogP contribution is -2.27. The first kappa shape index (κ1) is 11.0. The van der Waals surface area contributed by atoms with Crippen molar-refractivity contribution in [3.63, 3.8) is 0 Å². The van der Waals surface area contributed by atoms with Crippen LogP contribution in [0.15, 0.2) is 12.2 Å². The largest absolute Gasteiger partial charge is 0.381 e. The maximum absolute atomic E-state index is 5.50. The number of hydrogen-bond acceptors (Lipinski definition) is 2. The van der Waals surface area contributed by atoms with Gasteiger partial charge in [-0.1, -0.05) is 12.2 Å². The van der Waals surface area contributed by atoms with Crippen LogP contribution in [0.4, 0.5) is 0 Å². The molecule has 0 saturated carbocycles. The Kier molecular flexibility index (Phi) is 6.25. The van der Waals surface area contributed by atoms with Gasteiger partial charge in [-0.25, -0.2) is 0 Å². The molecule has 1 fully saturated rings. The molecule has 1 aliphatic heterocycles. The zero-order valence-electron chi connectivity index (χ0n) is 7.97. The molecular formula is C10H18ClNO. The van der Waals surface area contributed by atoms with E-state index in [9.17, 15) is 0 Å².